The summed E-state index contributed by atoms with van der Waals surface area (Å²) in [6.45, 7) is 7.14. The molecule has 1 fully saturated rings. The lowest BCUT2D eigenvalue weighted by atomic mass is 9.89. The van der Waals surface area contributed by atoms with Gasteiger partial charge >= 0.3 is 6.03 Å². The number of rotatable bonds is 4. The molecule has 96 valence electrons. The Morgan fingerprint density at radius 3 is 2.41 bits per heavy atom. The van der Waals surface area contributed by atoms with Gasteiger partial charge in [0.2, 0.25) is 11.8 Å². The molecule has 1 aliphatic rings. The molecule has 4 amide bonds. The van der Waals surface area contributed by atoms with Crippen LogP contribution < -0.4 is 5.32 Å². The van der Waals surface area contributed by atoms with Gasteiger partial charge in [0.15, 0.2) is 0 Å². The summed E-state index contributed by atoms with van der Waals surface area (Å²) >= 11 is 0. The lowest BCUT2D eigenvalue weighted by molar-refractivity contribution is -0.149. The number of nitrogens with one attached hydrogen (secondary N) is 1. The number of carbonyl (C=O) groups is 3. The molecule has 17 heavy (non-hydrogen) atoms. The van der Waals surface area contributed by atoms with E-state index < -0.39 is 23.3 Å². The summed E-state index contributed by atoms with van der Waals surface area (Å²) in [6.07, 6.45) is 0.0348. The van der Waals surface area contributed by atoms with Crippen LogP contribution in [0.15, 0.2) is 0 Å². The van der Waals surface area contributed by atoms with Gasteiger partial charge in [0.05, 0.1) is 19.3 Å². The lowest BCUT2D eigenvalue weighted by Crippen LogP contribution is -2.62. The lowest BCUT2D eigenvalue weighted by Gasteiger charge is -2.34. The number of ether oxygens (including phenoxy) is 1. The highest BCUT2D eigenvalue weighted by molar-refractivity contribution is 6.18. The topological polar surface area (TPSA) is 75.7 Å². The Morgan fingerprint density at radius 2 is 1.88 bits per heavy atom. The summed E-state index contributed by atoms with van der Waals surface area (Å²) in [5.74, 6) is -1.05. The molecule has 6 nitrogen and oxygen atoms in total. The van der Waals surface area contributed by atoms with E-state index in [-0.39, 0.29) is 19.3 Å². The number of hydrogen-bond donors (Lipinski definition) is 1. The average molecular weight is 242 g/mol. The van der Waals surface area contributed by atoms with Crippen LogP contribution in [-0.2, 0) is 14.3 Å². The van der Waals surface area contributed by atoms with Crippen molar-refractivity contribution in [1.29, 1.82) is 0 Å². The fourth-order valence-electron chi connectivity index (χ4n) is 1.43. The first-order chi connectivity index (χ1) is 7.76. The van der Waals surface area contributed by atoms with E-state index in [4.69, 9.17) is 4.74 Å². The summed E-state index contributed by atoms with van der Waals surface area (Å²) in [5.41, 5.74) is -1.20. The van der Waals surface area contributed by atoms with Gasteiger partial charge in [-0.25, -0.2) is 4.79 Å². The van der Waals surface area contributed by atoms with Crippen molar-refractivity contribution in [3.63, 3.8) is 0 Å². The van der Waals surface area contributed by atoms with Gasteiger partial charge in [-0.15, -0.1) is 0 Å². The maximum absolute atomic E-state index is 11.9. The largest absolute Gasteiger partial charge is 0.377 e. The summed E-state index contributed by atoms with van der Waals surface area (Å²) < 4.78 is 5.28. The number of nitrogens with zero attached hydrogens (tertiary/aromatic N) is 1. The van der Waals surface area contributed by atoms with Gasteiger partial charge < -0.3 is 4.74 Å². The minimum atomic E-state index is -1.20. The van der Waals surface area contributed by atoms with Crippen LogP contribution >= 0.6 is 0 Å². The quantitative estimate of drug-likeness (QED) is 0.729. The van der Waals surface area contributed by atoms with Crippen LogP contribution in [0.4, 0.5) is 4.79 Å². The second-order valence-electron chi connectivity index (χ2n) is 4.76. The molecule has 0 aliphatic carbocycles. The second-order valence-corrected chi connectivity index (χ2v) is 4.76. The van der Waals surface area contributed by atoms with E-state index in [2.05, 4.69) is 5.32 Å². The molecule has 1 heterocycles. The third-order valence-electron chi connectivity index (χ3n) is 2.58. The first-order valence-corrected chi connectivity index (χ1v) is 5.55. The molecule has 1 rings (SSSR count). The van der Waals surface area contributed by atoms with Crippen molar-refractivity contribution in [3.05, 3.63) is 0 Å². The minimum Gasteiger partial charge on any atom is -0.377 e. The predicted molar refractivity (Wildman–Crippen MR) is 60.1 cm³/mol. The summed E-state index contributed by atoms with van der Waals surface area (Å²) in [4.78, 5) is 35.9. The molecule has 0 unspecified atom stereocenters. The number of urea groups is 1. The Kier molecular flexibility index (Phi) is 3.87. The van der Waals surface area contributed by atoms with Gasteiger partial charge in [-0.2, -0.15) is 0 Å². The Balaban J connectivity index is 2.68. The molecule has 0 aromatic rings. The van der Waals surface area contributed by atoms with Crippen molar-refractivity contribution in [2.75, 3.05) is 13.2 Å². The highest BCUT2D eigenvalue weighted by Crippen LogP contribution is 2.23. The number of amides is 4. The van der Waals surface area contributed by atoms with Crippen LogP contribution in [0, 0.1) is 5.41 Å². The molecule has 0 bridgehead atoms. The molecule has 1 saturated heterocycles. The Bertz CT molecular complexity index is 349. The maximum Gasteiger partial charge on any atom is 0.330 e. The fourth-order valence-corrected chi connectivity index (χ4v) is 1.43. The predicted octanol–water partition coefficient (Wildman–Crippen LogP) is 0.516. The normalized spacial score (nSPS) is 19.8. The molecule has 0 aromatic carbocycles. The van der Waals surface area contributed by atoms with Crippen LogP contribution in [0.25, 0.3) is 0 Å². The third-order valence-corrected chi connectivity index (χ3v) is 2.58. The molecule has 0 saturated carbocycles. The third kappa shape index (κ3) is 2.82. The van der Waals surface area contributed by atoms with E-state index in [9.17, 15) is 14.4 Å². The summed E-state index contributed by atoms with van der Waals surface area (Å²) in [6, 6.07) is -0.674. The number of hydrogen-bond acceptors (Lipinski definition) is 4. The fraction of sp³-hybridized carbons (Fsp3) is 0.727. The van der Waals surface area contributed by atoms with Gasteiger partial charge in [0.25, 0.3) is 0 Å². The van der Waals surface area contributed by atoms with E-state index in [0.29, 0.717) is 0 Å². The Labute approximate surface area is 100 Å². The maximum atomic E-state index is 11.9. The highest BCUT2D eigenvalue weighted by atomic mass is 16.5. The first kappa shape index (κ1) is 13.6. The van der Waals surface area contributed by atoms with E-state index in [1.807, 2.05) is 13.8 Å². The first-order valence-electron chi connectivity index (χ1n) is 5.55. The minimum absolute atomic E-state index is 0.0348. The SMILES string of the molecule is CC(C)OCCN1C(=O)NC(=O)C(C)(C)C1=O. The zero-order valence-electron chi connectivity index (χ0n) is 10.6. The number of carbonyl (C=O) groups excluding carboxylic acids is 3. The van der Waals surface area contributed by atoms with Crippen molar-refractivity contribution in [1.82, 2.24) is 10.2 Å². The van der Waals surface area contributed by atoms with Crippen LogP contribution in [-0.4, -0.2) is 42.0 Å². The van der Waals surface area contributed by atoms with Gasteiger partial charge in [0, 0.05) is 0 Å². The van der Waals surface area contributed by atoms with Crippen molar-refractivity contribution in [3.8, 4) is 0 Å². The molecule has 0 radical (unpaired) electrons. The standard InChI is InChI=1S/C11H18N2O4/c1-7(2)17-6-5-13-9(15)11(3,4)8(14)12-10(13)16/h7H,5-6H2,1-4H3,(H,12,14,16). The van der Waals surface area contributed by atoms with E-state index in [0.717, 1.165) is 4.90 Å². The molecule has 0 aromatic heterocycles. The summed E-state index contributed by atoms with van der Waals surface area (Å²) in [7, 11) is 0. The van der Waals surface area contributed by atoms with E-state index in [1.165, 1.54) is 13.8 Å². The van der Waals surface area contributed by atoms with Crippen LogP contribution in [0.5, 0.6) is 0 Å². The van der Waals surface area contributed by atoms with E-state index in [1.54, 1.807) is 0 Å². The Hall–Kier alpha value is -1.43. The van der Waals surface area contributed by atoms with Crippen LogP contribution in [0.1, 0.15) is 27.7 Å². The van der Waals surface area contributed by atoms with Crippen molar-refractivity contribution in [2.45, 2.75) is 33.8 Å². The van der Waals surface area contributed by atoms with E-state index >= 15 is 0 Å². The van der Waals surface area contributed by atoms with Crippen LogP contribution in [0.3, 0.4) is 0 Å². The summed E-state index contributed by atoms with van der Waals surface area (Å²) in [5, 5.41) is 2.16. The molecule has 1 aliphatic heterocycles. The monoisotopic (exact) mass is 242 g/mol. The van der Waals surface area contributed by atoms with Crippen molar-refractivity contribution >= 4 is 17.8 Å². The zero-order valence-corrected chi connectivity index (χ0v) is 10.6. The molecule has 6 heteroatoms. The number of barbiturate groups is 1. The molecule has 0 atom stereocenters. The number of imide groups is 2. The van der Waals surface area contributed by atoms with Gasteiger partial charge in [-0.3, -0.25) is 19.8 Å². The Morgan fingerprint density at radius 1 is 1.29 bits per heavy atom. The van der Waals surface area contributed by atoms with Crippen molar-refractivity contribution < 1.29 is 19.1 Å². The molecule has 1 N–H and O–H groups in total. The average Bonchev–Trinajstić information content (AvgIpc) is 2.20. The van der Waals surface area contributed by atoms with Gasteiger partial charge in [0.1, 0.15) is 5.41 Å². The highest BCUT2D eigenvalue weighted by Gasteiger charge is 2.46. The smallest absolute Gasteiger partial charge is 0.330 e. The van der Waals surface area contributed by atoms with Gasteiger partial charge in [-0.05, 0) is 27.7 Å². The van der Waals surface area contributed by atoms with Crippen molar-refractivity contribution in [2.24, 2.45) is 5.41 Å². The molecular formula is C11H18N2O4. The zero-order chi connectivity index (χ0) is 13.2. The van der Waals surface area contributed by atoms with Gasteiger partial charge in [-0.1, -0.05) is 0 Å². The molecule has 0 spiro atoms. The molecular weight excluding hydrogens is 224 g/mol. The van der Waals surface area contributed by atoms with Crippen LogP contribution in [0.2, 0.25) is 0 Å². The second kappa shape index (κ2) is 4.83.